The number of rotatable bonds is 10. The minimum Gasteiger partial charge on any atom is -0.493 e. The Morgan fingerprint density at radius 1 is 1.03 bits per heavy atom. The molecule has 3 rings (SSSR count). The molecule has 0 saturated carbocycles. The number of ether oxygens (including phenoxy) is 2. The molecule has 0 radical (unpaired) electrons. The van der Waals surface area contributed by atoms with E-state index >= 15 is 0 Å². The van der Waals surface area contributed by atoms with Crippen LogP contribution in [-0.4, -0.2) is 13.3 Å². The molecule has 162 valence electrons. The van der Waals surface area contributed by atoms with Crippen LogP contribution in [0.4, 0.5) is 0 Å². The minimum atomic E-state index is 0.217. The number of benzene rings is 3. The lowest BCUT2D eigenvalue weighted by Gasteiger charge is -2.16. The summed E-state index contributed by atoms with van der Waals surface area (Å²) in [5.41, 5.74) is 5.42. The van der Waals surface area contributed by atoms with Gasteiger partial charge in [-0.05, 0) is 37.1 Å². The van der Waals surface area contributed by atoms with Crippen LogP contribution in [0.25, 0.3) is 0 Å². The van der Waals surface area contributed by atoms with E-state index in [9.17, 15) is 0 Å². The highest BCUT2D eigenvalue weighted by atomic mass is 16.6. The quantitative estimate of drug-likeness (QED) is 0.236. The first-order valence-electron chi connectivity index (χ1n) is 10.3. The second kappa shape index (κ2) is 11.4. The van der Waals surface area contributed by atoms with Gasteiger partial charge in [0, 0.05) is 16.7 Å². The SMILES string of the molecule is C=CCc1cc(/C=N\OCc2ccccc2C#N)cc(OC)c1OCc1ccc(C)cc1. The summed E-state index contributed by atoms with van der Waals surface area (Å²) in [4.78, 5) is 5.41. The van der Waals surface area contributed by atoms with E-state index in [1.807, 2.05) is 36.4 Å². The molecule has 0 spiro atoms. The lowest BCUT2D eigenvalue weighted by atomic mass is 10.1. The van der Waals surface area contributed by atoms with E-state index in [1.165, 1.54) is 5.56 Å². The molecule has 0 fully saturated rings. The van der Waals surface area contributed by atoms with Crippen LogP contribution in [-0.2, 0) is 24.5 Å². The molecule has 0 aromatic heterocycles. The van der Waals surface area contributed by atoms with Gasteiger partial charge in [0.1, 0.15) is 13.2 Å². The van der Waals surface area contributed by atoms with Gasteiger partial charge in [-0.3, -0.25) is 0 Å². The molecule has 3 aromatic carbocycles. The van der Waals surface area contributed by atoms with Crippen molar-refractivity contribution < 1.29 is 14.3 Å². The standard InChI is InChI=1S/C27H26N2O3/c1-4-7-23-14-22(17-29-32-19-25-9-6-5-8-24(25)16-28)15-26(30-3)27(23)31-18-21-12-10-20(2)11-13-21/h4-6,8-15,17H,1,7,18-19H2,2-3H3/b29-17-. The second-order valence-electron chi connectivity index (χ2n) is 7.26. The zero-order chi connectivity index (χ0) is 22.8. The van der Waals surface area contributed by atoms with Crippen molar-refractivity contribution in [3.63, 3.8) is 0 Å². The van der Waals surface area contributed by atoms with Crippen LogP contribution in [0.1, 0.15) is 33.4 Å². The normalized spacial score (nSPS) is 10.5. The van der Waals surface area contributed by atoms with Crippen molar-refractivity contribution in [1.29, 1.82) is 5.26 Å². The minimum absolute atomic E-state index is 0.217. The Morgan fingerprint density at radius 2 is 1.81 bits per heavy atom. The zero-order valence-corrected chi connectivity index (χ0v) is 18.4. The van der Waals surface area contributed by atoms with Crippen LogP contribution in [0.2, 0.25) is 0 Å². The van der Waals surface area contributed by atoms with Crippen LogP contribution in [0, 0.1) is 18.3 Å². The van der Waals surface area contributed by atoms with Gasteiger partial charge in [-0.15, -0.1) is 6.58 Å². The van der Waals surface area contributed by atoms with Crippen molar-refractivity contribution in [3.05, 3.63) is 107 Å². The molecular weight excluding hydrogens is 400 g/mol. The fourth-order valence-electron chi connectivity index (χ4n) is 3.18. The van der Waals surface area contributed by atoms with Gasteiger partial charge >= 0.3 is 0 Å². The average molecular weight is 427 g/mol. The monoisotopic (exact) mass is 426 g/mol. The lowest BCUT2D eigenvalue weighted by Crippen LogP contribution is -2.02. The molecule has 0 amide bonds. The van der Waals surface area contributed by atoms with E-state index in [0.717, 1.165) is 22.3 Å². The van der Waals surface area contributed by atoms with Crippen LogP contribution >= 0.6 is 0 Å². The third-order valence-corrected chi connectivity index (χ3v) is 4.88. The molecule has 3 aromatic rings. The highest BCUT2D eigenvalue weighted by molar-refractivity contribution is 5.81. The molecule has 0 aliphatic rings. The van der Waals surface area contributed by atoms with E-state index in [0.29, 0.717) is 30.1 Å². The Morgan fingerprint density at radius 3 is 2.53 bits per heavy atom. The Balaban J connectivity index is 1.74. The van der Waals surface area contributed by atoms with Crippen molar-refractivity contribution >= 4 is 6.21 Å². The fraction of sp³-hybridized carbons (Fsp3) is 0.185. The van der Waals surface area contributed by atoms with Gasteiger partial charge in [0.05, 0.1) is 25.0 Å². The van der Waals surface area contributed by atoms with Crippen molar-refractivity contribution in [3.8, 4) is 17.6 Å². The fourth-order valence-corrected chi connectivity index (χ4v) is 3.18. The first kappa shape index (κ1) is 22.6. The Hall–Kier alpha value is -4.04. The van der Waals surface area contributed by atoms with E-state index < -0.39 is 0 Å². The van der Waals surface area contributed by atoms with Crippen LogP contribution in [0.3, 0.4) is 0 Å². The third-order valence-electron chi connectivity index (χ3n) is 4.88. The Kier molecular flexibility index (Phi) is 8.05. The first-order valence-corrected chi connectivity index (χ1v) is 10.3. The number of hydrogen-bond acceptors (Lipinski definition) is 5. The van der Waals surface area contributed by atoms with Gasteiger partial charge in [-0.2, -0.15) is 5.26 Å². The van der Waals surface area contributed by atoms with Crippen molar-refractivity contribution in [2.45, 2.75) is 26.6 Å². The summed E-state index contributed by atoms with van der Waals surface area (Å²) in [7, 11) is 1.61. The van der Waals surface area contributed by atoms with Gasteiger partial charge in [0.15, 0.2) is 11.5 Å². The number of aryl methyl sites for hydroxylation is 1. The maximum Gasteiger partial charge on any atom is 0.165 e. The van der Waals surface area contributed by atoms with Gasteiger partial charge < -0.3 is 14.3 Å². The number of nitrogens with zero attached hydrogens (tertiary/aromatic N) is 2. The summed E-state index contributed by atoms with van der Waals surface area (Å²) < 4.78 is 11.7. The van der Waals surface area contributed by atoms with Gasteiger partial charge in [-0.25, -0.2) is 0 Å². The summed E-state index contributed by atoms with van der Waals surface area (Å²) in [5.74, 6) is 1.31. The molecule has 5 nitrogen and oxygen atoms in total. The molecule has 0 unspecified atom stereocenters. The lowest BCUT2D eigenvalue weighted by molar-refractivity contribution is 0.132. The molecule has 0 atom stereocenters. The van der Waals surface area contributed by atoms with Crippen LogP contribution in [0.5, 0.6) is 11.5 Å². The van der Waals surface area contributed by atoms with E-state index in [1.54, 1.807) is 19.4 Å². The zero-order valence-electron chi connectivity index (χ0n) is 18.4. The van der Waals surface area contributed by atoms with Crippen LogP contribution in [0.15, 0.2) is 78.5 Å². The maximum absolute atomic E-state index is 9.17. The van der Waals surface area contributed by atoms with E-state index in [-0.39, 0.29) is 6.61 Å². The molecule has 0 aliphatic heterocycles. The molecule has 0 bridgehead atoms. The van der Waals surface area contributed by atoms with Crippen molar-refractivity contribution in [2.75, 3.05) is 7.11 Å². The summed E-state index contributed by atoms with van der Waals surface area (Å²) in [5, 5.41) is 13.2. The highest BCUT2D eigenvalue weighted by Crippen LogP contribution is 2.34. The molecule has 0 aliphatic carbocycles. The van der Waals surface area contributed by atoms with E-state index in [2.05, 4.69) is 49.0 Å². The van der Waals surface area contributed by atoms with E-state index in [4.69, 9.17) is 19.6 Å². The molecule has 0 N–H and O–H groups in total. The topological polar surface area (TPSA) is 63.8 Å². The smallest absolute Gasteiger partial charge is 0.165 e. The highest BCUT2D eigenvalue weighted by Gasteiger charge is 2.13. The molecular formula is C27H26N2O3. The Bertz CT molecular complexity index is 1130. The summed E-state index contributed by atoms with van der Waals surface area (Å²) in [6.45, 7) is 6.57. The predicted molar refractivity (Wildman–Crippen MR) is 126 cm³/mol. The molecule has 5 heteroatoms. The Labute approximate surface area is 189 Å². The van der Waals surface area contributed by atoms with Gasteiger partial charge in [0.25, 0.3) is 0 Å². The van der Waals surface area contributed by atoms with Crippen LogP contribution < -0.4 is 9.47 Å². The first-order chi connectivity index (χ1) is 15.6. The van der Waals surface area contributed by atoms with Gasteiger partial charge in [0.2, 0.25) is 0 Å². The summed E-state index contributed by atoms with van der Waals surface area (Å²) in [6, 6.07) is 21.5. The molecule has 32 heavy (non-hydrogen) atoms. The number of oxime groups is 1. The van der Waals surface area contributed by atoms with Crippen molar-refractivity contribution in [1.82, 2.24) is 0 Å². The number of allylic oxidation sites excluding steroid dienone is 1. The second-order valence-corrected chi connectivity index (χ2v) is 7.26. The predicted octanol–water partition coefficient (Wildman–Crippen LogP) is 5.73. The summed E-state index contributed by atoms with van der Waals surface area (Å²) in [6.07, 6.45) is 4.06. The largest absolute Gasteiger partial charge is 0.493 e. The third kappa shape index (κ3) is 5.99. The maximum atomic E-state index is 9.17. The molecule has 0 heterocycles. The average Bonchev–Trinajstić information content (AvgIpc) is 2.82. The number of methoxy groups -OCH3 is 1. The summed E-state index contributed by atoms with van der Waals surface area (Å²) >= 11 is 0. The number of hydrogen-bond donors (Lipinski definition) is 0. The number of nitriles is 1. The van der Waals surface area contributed by atoms with Crippen molar-refractivity contribution in [2.24, 2.45) is 5.16 Å². The molecule has 0 saturated heterocycles. The van der Waals surface area contributed by atoms with Gasteiger partial charge in [-0.1, -0.05) is 59.3 Å².